The Morgan fingerprint density at radius 2 is 0.843 bits per heavy atom. The molecule has 0 radical (unpaired) electrons. The molecule has 0 N–H and O–H groups in total. The van der Waals surface area contributed by atoms with Crippen LogP contribution in [0.2, 0.25) is 0 Å². The molecule has 51 heavy (non-hydrogen) atoms. The normalized spacial score (nSPS) is 11.1. The Morgan fingerprint density at radius 3 is 1.39 bits per heavy atom. The average molecular weight is 654 g/mol. The van der Waals surface area contributed by atoms with Gasteiger partial charge in [0.25, 0.3) is 0 Å². The van der Waals surface area contributed by atoms with Gasteiger partial charge in [0.2, 0.25) is 5.89 Å². The van der Waals surface area contributed by atoms with Crippen molar-refractivity contribution in [2.24, 2.45) is 0 Å². The van der Waals surface area contributed by atoms with Crippen LogP contribution < -0.4 is 0 Å². The fourth-order valence-electron chi connectivity index (χ4n) is 6.45. The van der Waals surface area contributed by atoms with Crippen molar-refractivity contribution in [2.45, 2.75) is 0 Å². The van der Waals surface area contributed by atoms with Gasteiger partial charge in [-0.15, -0.1) is 5.10 Å². The van der Waals surface area contributed by atoms with E-state index in [1.165, 1.54) is 10.8 Å². The molecule has 0 spiro atoms. The number of hydrogen-bond donors (Lipinski definition) is 0. The summed E-state index contributed by atoms with van der Waals surface area (Å²) in [7, 11) is 0. The minimum absolute atomic E-state index is 0.0463. The van der Waals surface area contributed by atoms with Gasteiger partial charge in [0, 0.05) is 22.3 Å². The standard InChI is InChI=1S/C45H27N5O/c46-28-43-49-50-45(51-43)32-13-11-29(12-14-32)33-15-16-35-24-36(18-17-34(35)23-33)37-19-20-39-26-40(22-21-38(39)25-37)42-27-41(30-7-3-1-4-8-30)47-44(48-42)31-9-5-2-6-10-31/h1-27H. The number of benzene rings is 7. The summed E-state index contributed by atoms with van der Waals surface area (Å²) < 4.78 is 5.36. The van der Waals surface area contributed by atoms with E-state index in [1.54, 1.807) is 0 Å². The van der Waals surface area contributed by atoms with Crippen LogP contribution in [0.3, 0.4) is 0 Å². The van der Waals surface area contributed by atoms with E-state index >= 15 is 0 Å². The third-order valence-corrected chi connectivity index (χ3v) is 9.12. The highest BCUT2D eigenvalue weighted by atomic mass is 16.4. The van der Waals surface area contributed by atoms with Crippen molar-refractivity contribution < 1.29 is 4.42 Å². The lowest BCUT2D eigenvalue weighted by atomic mass is 9.95. The summed E-state index contributed by atoms with van der Waals surface area (Å²) in [6.45, 7) is 0. The molecule has 0 saturated heterocycles. The fourth-order valence-corrected chi connectivity index (χ4v) is 6.45. The molecule has 7 aromatic carbocycles. The quantitative estimate of drug-likeness (QED) is 0.177. The van der Waals surface area contributed by atoms with Gasteiger partial charge in [0.05, 0.1) is 11.4 Å². The van der Waals surface area contributed by atoms with Crippen molar-refractivity contribution in [3.8, 4) is 73.7 Å². The van der Waals surface area contributed by atoms with Crippen molar-refractivity contribution >= 4 is 21.5 Å². The van der Waals surface area contributed by atoms with E-state index in [2.05, 4.69) is 101 Å². The van der Waals surface area contributed by atoms with Crippen molar-refractivity contribution in [3.05, 3.63) is 170 Å². The Labute approximate surface area is 294 Å². The second-order valence-electron chi connectivity index (χ2n) is 12.3. The van der Waals surface area contributed by atoms with Crippen molar-refractivity contribution in [3.63, 3.8) is 0 Å². The fraction of sp³-hybridized carbons (Fsp3) is 0. The lowest BCUT2D eigenvalue weighted by Crippen LogP contribution is -1.95. The second-order valence-corrected chi connectivity index (χ2v) is 12.3. The number of nitrogens with zero attached hydrogens (tertiary/aromatic N) is 5. The molecule has 0 bridgehead atoms. The summed E-state index contributed by atoms with van der Waals surface area (Å²) in [4.78, 5) is 9.96. The van der Waals surface area contributed by atoms with Crippen molar-refractivity contribution in [1.29, 1.82) is 5.26 Å². The third kappa shape index (κ3) is 5.90. The van der Waals surface area contributed by atoms with Crippen LogP contribution in [0.4, 0.5) is 0 Å². The van der Waals surface area contributed by atoms with Gasteiger partial charge in [0.15, 0.2) is 11.9 Å². The van der Waals surface area contributed by atoms with Crippen molar-refractivity contribution in [1.82, 2.24) is 20.2 Å². The lowest BCUT2D eigenvalue weighted by molar-refractivity contribution is 0.553. The summed E-state index contributed by atoms with van der Waals surface area (Å²) in [5.74, 6) is 0.994. The van der Waals surface area contributed by atoms with E-state index in [0.717, 1.165) is 66.7 Å². The van der Waals surface area contributed by atoms with Crippen LogP contribution in [0, 0.1) is 11.3 Å². The summed E-state index contributed by atoms with van der Waals surface area (Å²) in [6, 6.07) is 58.6. The molecule has 0 aliphatic rings. The first kappa shape index (κ1) is 29.9. The van der Waals surface area contributed by atoms with Gasteiger partial charge in [-0.3, -0.25) is 0 Å². The Bertz CT molecular complexity index is 2690. The summed E-state index contributed by atoms with van der Waals surface area (Å²) in [5.41, 5.74) is 10.2. The SMILES string of the molecule is N#Cc1nnc(-c2ccc(-c3ccc4cc(-c5ccc6cc(-c7cc(-c8ccccc8)nc(-c8ccccc8)n7)ccc6c5)ccc4c3)cc2)o1. The number of fused-ring (bicyclic) bond motifs is 2. The molecular weight excluding hydrogens is 627 g/mol. The maximum Gasteiger partial charge on any atom is 0.321 e. The van der Waals surface area contributed by atoms with E-state index in [0.29, 0.717) is 11.7 Å². The molecule has 9 rings (SSSR count). The number of hydrogen-bond acceptors (Lipinski definition) is 6. The zero-order valence-electron chi connectivity index (χ0n) is 27.2. The van der Waals surface area contributed by atoms with Gasteiger partial charge in [-0.05, 0) is 86.3 Å². The Hall–Kier alpha value is -7.23. The van der Waals surface area contributed by atoms with Crippen LogP contribution in [0.5, 0.6) is 0 Å². The predicted molar refractivity (Wildman–Crippen MR) is 202 cm³/mol. The molecule has 0 aliphatic carbocycles. The van der Waals surface area contributed by atoms with Crippen LogP contribution >= 0.6 is 0 Å². The molecular formula is C45H27N5O. The molecule has 238 valence electrons. The Morgan fingerprint density at radius 1 is 0.392 bits per heavy atom. The zero-order valence-corrected chi connectivity index (χ0v) is 27.2. The van der Waals surface area contributed by atoms with Crippen LogP contribution in [0.25, 0.3) is 89.2 Å². The van der Waals surface area contributed by atoms with Gasteiger partial charge in [-0.2, -0.15) is 5.26 Å². The maximum absolute atomic E-state index is 8.97. The third-order valence-electron chi connectivity index (χ3n) is 9.12. The molecule has 0 saturated carbocycles. The van der Waals surface area contributed by atoms with Crippen LogP contribution in [0.15, 0.2) is 168 Å². The average Bonchev–Trinajstić information content (AvgIpc) is 3.70. The molecule has 6 nitrogen and oxygen atoms in total. The molecule has 2 heterocycles. The zero-order chi connectivity index (χ0) is 34.1. The van der Waals surface area contributed by atoms with E-state index in [9.17, 15) is 0 Å². The smallest absolute Gasteiger partial charge is 0.321 e. The van der Waals surface area contributed by atoms with E-state index < -0.39 is 0 Å². The second kappa shape index (κ2) is 12.7. The number of rotatable bonds is 6. The molecule has 0 atom stereocenters. The van der Waals surface area contributed by atoms with Crippen LogP contribution in [-0.2, 0) is 0 Å². The maximum atomic E-state index is 8.97. The Kier molecular flexibility index (Phi) is 7.42. The highest BCUT2D eigenvalue weighted by Crippen LogP contribution is 2.33. The molecule has 0 amide bonds. The Balaban J connectivity index is 1.00. The van der Waals surface area contributed by atoms with E-state index in [-0.39, 0.29) is 5.89 Å². The lowest BCUT2D eigenvalue weighted by Gasteiger charge is -2.11. The highest BCUT2D eigenvalue weighted by molar-refractivity contribution is 5.94. The van der Waals surface area contributed by atoms with Gasteiger partial charge < -0.3 is 4.42 Å². The molecule has 9 aromatic rings. The molecule has 2 aromatic heterocycles. The van der Waals surface area contributed by atoms with E-state index in [4.69, 9.17) is 19.6 Å². The topological polar surface area (TPSA) is 88.5 Å². The monoisotopic (exact) mass is 653 g/mol. The highest BCUT2D eigenvalue weighted by Gasteiger charge is 2.12. The number of nitriles is 1. The van der Waals surface area contributed by atoms with Gasteiger partial charge in [-0.1, -0.05) is 126 Å². The predicted octanol–water partition coefficient (Wildman–Crippen LogP) is 11.0. The van der Waals surface area contributed by atoms with Gasteiger partial charge >= 0.3 is 5.89 Å². The van der Waals surface area contributed by atoms with Crippen LogP contribution in [0.1, 0.15) is 5.89 Å². The van der Waals surface area contributed by atoms with Gasteiger partial charge in [0.1, 0.15) is 0 Å². The van der Waals surface area contributed by atoms with Gasteiger partial charge in [-0.25, -0.2) is 9.97 Å². The molecule has 0 aliphatic heterocycles. The molecule has 6 heteroatoms. The van der Waals surface area contributed by atoms with Crippen LogP contribution in [-0.4, -0.2) is 20.2 Å². The minimum atomic E-state index is -0.0463. The molecule has 0 unspecified atom stereocenters. The van der Waals surface area contributed by atoms with Crippen molar-refractivity contribution in [2.75, 3.05) is 0 Å². The first-order valence-electron chi connectivity index (χ1n) is 16.6. The van der Waals surface area contributed by atoms with E-state index in [1.807, 2.05) is 78.9 Å². The largest absolute Gasteiger partial charge is 0.408 e. The summed E-state index contributed by atoms with van der Waals surface area (Å²) in [6.07, 6.45) is 0. The first-order chi connectivity index (χ1) is 25.2. The minimum Gasteiger partial charge on any atom is -0.408 e. The summed E-state index contributed by atoms with van der Waals surface area (Å²) in [5, 5.41) is 21.3. The summed E-state index contributed by atoms with van der Waals surface area (Å²) >= 11 is 0. The first-order valence-corrected chi connectivity index (χ1v) is 16.6. The number of aromatic nitrogens is 4. The molecule has 0 fully saturated rings.